The van der Waals surface area contributed by atoms with Gasteiger partial charge in [-0.1, -0.05) is 23.1 Å². The van der Waals surface area contributed by atoms with E-state index in [1.807, 2.05) is 18.2 Å². The van der Waals surface area contributed by atoms with Crippen molar-refractivity contribution in [3.63, 3.8) is 0 Å². The summed E-state index contributed by atoms with van der Waals surface area (Å²) in [6, 6.07) is 6.32. The third kappa shape index (κ3) is 4.58. The van der Waals surface area contributed by atoms with Gasteiger partial charge in [0.05, 0.1) is 12.1 Å². The predicted molar refractivity (Wildman–Crippen MR) is 114 cm³/mol. The number of aryl methyl sites for hydroxylation is 1. The Bertz CT molecular complexity index is 855. The van der Waals surface area contributed by atoms with E-state index >= 15 is 0 Å². The Morgan fingerprint density at radius 1 is 1.10 bits per heavy atom. The van der Waals surface area contributed by atoms with Crippen molar-refractivity contribution in [2.45, 2.75) is 69.7 Å². The van der Waals surface area contributed by atoms with Gasteiger partial charge in [-0.2, -0.15) is 0 Å². The predicted octanol–water partition coefficient (Wildman–Crippen LogP) is 4.58. The molecule has 30 heavy (non-hydrogen) atoms. The molecule has 162 valence electrons. The lowest BCUT2D eigenvalue weighted by Gasteiger charge is -2.36. The molecule has 2 aromatic rings. The van der Waals surface area contributed by atoms with E-state index in [2.05, 4.69) is 20.4 Å². The van der Waals surface area contributed by atoms with Gasteiger partial charge in [0.25, 0.3) is 0 Å². The van der Waals surface area contributed by atoms with Gasteiger partial charge in [0.2, 0.25) is 5.89 Å². The maximum atomic E-state index is 6.08. The molecular formula is C22H29ClN4O3. The van der Waals surface area contributed by atoms with Crippen molar-refractivity contribution in [2.24, 2.45) is 0 Å². The van der Waals surface area contributed by atoms with E-state index in [9.17, 15) is 0 Å². The molecule has 1 aromatic carbocycles. The second kappa shape index (κ2) is 9.12. The summed E-state index contributed by atoms with van der Waals surface area (Å²) >= 11 is 6.08. The SMILES string of the molecule is Clc1ccc2c(c1)CCC(Nc1nnc(C3CCCCN3CC3CCCCO3)o1)O2. The normalized spacial score (nSPS) is 27.3. The highest BCUT2D eigenvalue weighted by atomic mass is 35.5. The number of likely N-dealkylation sites (tertiary alicyclic amines) is 1. The van der Waals surface area contributed by atoms with Gasteiger partial charge in [-0.15, -0.1) is 5.10 Å². The van der Waals surface area contributed by atoms with E-state index in [1.54, 1.807) is 0 Å². The first-order valence-corrected chi connectivity index (χ1v) is 11.5. The molecule has 3 unspecified atom stereocenters. The van der Waals surface area contributed by atoms with Crippen molar-refractivity contribution in [1.29, 1.82) is 0 Å². The largest absolute Gasteiger partial charge is 0.470 e. The van der Waals surface area contributed by atoms with Crippen LogP contribution in [-0.4, -0.2) is 47.1 Å². The minimum atomic E-state index is -0.190. The first kappa shape index (κ1) is 20.1. The Balaban J connectivity index is 1.22. The van der Waals surface area contributed by atoms with Crippen molar-refractivity contribution in [3.05, 3.63) is 34.7 Å². The molecule has 0 saturated carbocycles. The van der Waals surface area contributed by atoms with Gasteiger partial charge in [-0.05, 0) is 68.8 Å². The monoisotopic (exact) mass is 432 g/mol. The number of hydrogen-bond acceptors (Lipinski definition) is 7. The van der Waals surface area contributed by atoms with Crippen LogP contribution < -0.4 is 10.1 Å². The number of hydrogen-bond donors (Lipinski definition) is 1. The summed E-state index contributed by atoms with van der Waals surface area (Å²) in [5, 5.41) is 12.6. The molecule has 1 N–H and O–H groups in total. The molecule has 3 aliphatic heterocycles. The molecule has 0 bridgehead atoms. The summed E-state index contributed by atoms with van der Waals surface area (Å²) in [4.78, 5) is 2.47. The van der Waals surface area contributed by atoms with Gasteiger partial charge < -0.3 is 19.2 Å². The first-order valence-electron chi connectivity index (χ1n) is 11.2. The molecule has 0 aliphatic carbocycles. The fourth-order valence-electron chi connectivity index (χ4n) is 4.73. The fourth-order valence-corrected chi connectivity index (χ4v) is 4.92. The van der Waals surface area contributed by atoms with Crippen LogP contribution in [0.5, 0.6) is 5.75 Å². The zero-order valence-electron chi connectivity index (χ0n) is 17.2. The van der Waals surface area contributed by atoms with E-state index in [0.29, 0.717) is 18.0 Å². The van der Waals surface area contributed by atoms with E-state index < -0.39 is 0 Å². The Labute approximate surface area is 182 Å². The van der Waals surface area contributed by atoms with Crippen LogP contribution >= 0.6 is 11.6 Å². The number of anilines is 1. The van der Waals surface area contributed by atoms with Gasteiger partial charge in [0.1, 0.15) is 5.75 Å². The van der Waals surface area contributed by atoms with E-state index in [4.69, 9.17) is 25.5 Å². The van der Waals surface area contributed by atoms with E-state index in [1.165, 1.54) is 25.7 Å². The molecule has 2 saturated heterocycles. The summed E-state index contributed by atoms with van der Waals surface area (Å²) in [6.45, 7) is 2.89. The molecule has 4 heterocycles. The van der Waals surface area contributed by atoms with Crippen LogP contribution in [0.15, 0.2) is 22.6 Å². The molecule has 8 heteroatoms. The summed E-state index contributed by atoms with van der Waals surface area (Å²) in [7, 11) is 0. The molecule has 7 nitrogen and oxygen atoms in total. The molecule has 0 amide bonds. The first-order chi connectivity index (χ1) is 14.7. The number of piperidine rings is 1. The quantitative estimate of drug-likeness (QED) is 0.741. The van der Waals surface area contributed by atoms with E-state index in [0.717, 1.165) is 61.7 Å². The zero-order valence-corrected chi connectivity index (χ0v) is 17.9. The summed E-state index contributed by atoms with van der Waals surface area (Å²) < 4.78 is 18.0. The standard InChI is InChI=1S/C22H29ClN4O3/c23-16-8-9-19-15(13-16)7-10-20(29-19)24-22-26-25-21(30-22)18-6-1-3-11-27(18)14-17-5-2-4-12-28-17/h8-9,13,17-18,20H,1-7,10-12,14H2,(H,24,26). The Morgan fingerprint density at radius 3 is 2.93 bits per heavy atom. The van der Waals surface area contributed by atoms with Gasteiger partial charge in [0.15, 0.2) is 6.23 Å². The summed E-state index contributed by atoms with van der Waals surface area (Å²) in [5.41, 5.74) is 1.13. The highest BCUT2D eigenvalue weighted by Gasteiger charge is 2.31. The average molecular weight is 433 g/mol. The number of nitrogens with zero attached hydrogens (tertiary/aromatic N) is 3. The zero-order chi connectivity index (χ0) is 20.3. The second-order valence-electron chi connectivity index (χ2n) is 8.48. The molecule has 1 aromatic heterocycles. The number of aromatic nitrogens is 2. The molecule has 0 radical (unpaired) electrons. The van der Waals surface area contributed by atoms with Crippen LogP contribution in [0.3, 0.4) is 0 Å². The molecule has 5 rings (SSSR count). The van der Waals surface area contributed by atoms with Gasteiger partial charge in [-0.3, -0.25) is 4.90 Å². The van der Waals surface area contributed by atoms with Crippen molar-refractivity contribution < 1.29 is 13.9 Å². The molecule has 3 aliphatic rings. The number of nitrogens with one attached hydrogen (secondary N) is 1. The molecule has 2 fully saturated rings. The third-order valence-corrected chi connectivity index (χ3v) is 6.54. The fraction of sp³-hybridized carbons (Fsp3) is 0.636. The van der Waals surface area contributed by atoms with Crippen LogP contribution in [-0.2, 0) is 11.2 Å². The van der Waals surface area contributed by atoms with Crippen LogP contribution in [0, 0.1) is 0 Å². The summed E-state index contributed by atoms with van der Waals surface area (Å²) in [6.07, 6.45) is 8.87. The van der Waals surface area contributed by atoms with Crippen LogP contribution in [0.1, 0.15) is 62.4 Å². The van der Waals surface area contributed by atoms with Crippen molar-refractivity contribution in [2.75, 3.05) is 25.0 Å². The molecule has 0 spiro atoms. The topological polar surface area (TPSA) is 72.7 Å². The lowest BCUT2D eigenvalue weighted by atomic mass is 10.00. The smallest absolute Gasteiger partial charge is 0.318 e. The van der Waals surface area contributed by atoms with Crippen LogP contribution in [0.4, 0.5) is 6.01 Å². The van der Waals surface area contributed by atoms with Crippen molar-refractivity contribution >= 4 is 17.6 Å². The summed E-state index contributed by atoms with van der Waals surface area (Å²) in [5.74, 6) is 1.55. The van der Waals surface area contributed by atoms with Crippen LogP contribution in [0.25, 0.3) is 0 Å². The Kier molecular flexibility index (Phi) is 6.11. The lowest BCUT2D eigenvalue weighted by Crippen LogP contribution is -2.40. The average Bonchev–Trinajstić information content (AvgIpc) is 3.23. The van der Waals surface area contributed by atoms with Gasteiger partial charge >= 0.3 is 6.01 Å². The van der Waals surface area contributed by atoms with E-state index in [-0.39, 0.29) is 12.3 Å². The Morgan fingerprint density at radius 2 is 2.03 bits per heavy atom. The Hall–Kier alpha value is -1.83. The third-order valence-electron chi connectivity index (χ3n) is 6.30. The lowest BCUT2D eigenvalue weighted by molar-refractivity contribution is -0.0225. The maximum absolute atomic E-state index is 6.08. The highest BCUT2D eigenvalue weighted by Crippen LogP contribution is 2.33. The molecular weight excluding hydrogens is 404 g/mol. The molecule has 3 atom stereocenters. The maximum Gasteiger partial charge on any atom is 0.318 e. The van der Waals surface area contributed by atoms with Gasteiger partial charge in [-0.25, -0.2) is 0 Å². The number of fused-ring (bicyclic) bond motifs is 1. The minimum Gasteiger partial charge on any atom is -0.470 e. The second-order valence-corrected chi connectivity index (χ2v) is 8.92. The highest BCUT2D eigenvalue weighted by molar-refractivity contribution is 6.30. The number of ether oxygens (including phenoxy) is 2. The van der Waals surface area contributed by atoms with Crippen molar-refractivity contribution in [1.82, 2.24) is 15.1 Å². The van der Waals surface area contributed by atoms with Gasteiger partial charge in [0, 0.05) is 24.6 Å². The number of rotatable bonds is 5. The minimum absolute atomic E-state index is 0.169. The number of halogens is 1. The van der Waals surface area contributed by atoms with Crippen LogP contribution in [0.2, 0.25) is 5.02 Å². The number of benzene rings is 1. The van der Waals surface area contributed by atoms with Crippen molar-refractivity contribution in [3.8, 4) is 5.75 Å².